The zero-order valence-corrected chi connectivity index (χ0v) is 15.8. The number of carbonyl (C=O) groups is 1. The highest BCUT2D eigenvalue weighted by Gasteiger charge is 2.23. The molecule has 142 valence electrons. The fraction of sp³-hybridized carbons (Fsp3) is 0.471. The Labute approximate surface area is 162 Å². The topological polar surface area (TPSA) is 112 Å². The number of rotatable bonds is 6. The number of aromatic nitrogens is 4. The van der Waals surface area contributed by atoms with Crippen LogP contribution in [0.5, 0.6) is 0 Å². The van der Waals surface area contributed by atoms with E-state index in [-0.39, 0.29) is 18.2 Å². The molecule has 1 aliphatic rings. The molecule has 0 aromatic carbocycles. The number of anilines is 3. The summed E-state index contributed by atoms with van der Waals surface area (Å²) >= 11 is 6.21. The van der Waals surface area contributed by atoms with E-state index in [1.807, 2.05) is 19.3 Å². The van der Waals surface area contributed by atoms with Crippen LogP contribution in [-0.2, 0) is 11.8 Å². The number of carbonyl (C=O) groups excluding carboxylic acids is 1. The number of nitriles is 1. The van der Waals surface area contributed by atoms with Crippen molar-refractivity contribution in [1.82, 2.24) is 24.6 Å². The maximum absolute atomic E-state index is 11.9. The number of hydrogen-bond donors (Lipinski definition) is 2. The van der Waals surface area contributed by atoms with E-state index in [0.29, 0.717) is 36.4 Å². The Bertz CT molecular complexity index is 846. The van der Waals surface area contributed by atoms with Gasteiger partial charge in [0.05, 0.1) is 24.2 Å². The lowest BCUT2D eigenvalue weighted by Gasteiger charge is -2.32. The molecule has 1 saturated heterocycles. The highest BCUT2D eigenvalue weighted by molar-refractivity contribution is 6.32. The van der Waals surface area contributed by atoms with Gasteiger partial charge in [-0.05, 0) is 18.8 Å². The SMILES string of the molecule is Cn1cc(Nc2ncc(Cl)c(NC[C@@H]3CCCN(C(=O)CC#N)C3)n2)cn1. The third kappa shape index (κ3) is 5.08. The Hall–Kier alpha value is -2.86. The normalized spacial score (nSPS) is 16.6. The summed E-state index contributed by atoms with van der Waals surface area (Å²) in [5, 5.41) is 19.6. The molecule has 0 spiro atoms. The quantitative estimate of drug-likeness (QED) is 0.779. The lowest BCUT2D eigenvalue weighted by Crippen LogP contribution is -2.41. The molecule has 2 aromatic heterocycles. The van der Waals surface area contributed by atoms with Crippen LogP contribution < -0.4 is 10.6 Å². The number of hydrogen-bond acceptors (Lipinski definition) is 7. The van der Waals surface area contributed by atoms with Gasteiger partial charge in [0.15, 0.2) is 5.82 Å². The first-order valence-electron chi connectivity index (χ1n) is 8.72. The van der Waals surface area contributed by atoms with E-state index in [2.05, 4.69) is 25.7 Å². The van der Waals surface area contributed by atoms with Crippen LogP contribution in [0.25, 0.3) is 0 Å². The number of likely N-dealkylation sites (tertiary alicyclic amines) is 1. The van der Waals surface area contributed by atoms with Crippen molar-refractivity contribution in [3.63, 3.8) is 0 Å². The second kappa shape index (κ2) is 8.68. The fourth-order valence-electron chi connectivity index (χ4n) is 3.04. The van der Waals surface area contributed by atoms with Gasteiger partial charge in [-0.25, -0.2) is 4.98 Å². The maximum atomic E-state index is 11.9. The number of halogens is 1. The number of amides is 1. The Kier molecular flexibility index (Phi) is 6.08. The molecule has 3 heterocycles. The van der Waals surface area contributed by atoms with E-state index < -0.39 is 0 Å². The summed E-state index contributed by atoms with van der Waals surface area (Å²) in [5.41, 5.74) is 0.782. The number of nitrogens with one attached hydrogen (secondary N) is 2. The second-order valence-corrected chi connectivity index (χ2v) is 6.89. The predicted molar refractivity (Wildman–Crippen MR) is 102 cm³/mol. The minimum absolute atomic E-state index is 0.0682. The molecule has 0 unspecified atom stereocenters. The first-order chi connectivity index (χ1) is 13.0. The Morgan fingerprint density at radius 1 is 1.48 bits per heavy atom. The van der Waals surface area contributed by atoms with Crippen LogP contribution in [-0.4, -0.2) is 50.2 Å². The number of piperidine rings is 1. The minimum atomic E-state index is -0.106. The molecule has 0 radical (unpaired) electrons. The second-order valence-electron chi connectivity index (χ2n) is 6.48. The van der Waals surface area contributed by atoms with E-state index in [1.165, 1.54) is 0 Å². The molecule has 3 rings (SSSR count). The summed E-state index contributed by atoms with van der Waals surface area (Å²) in [6.07, 6.45) is 6.90. The Balaban J connectivity index is 1.59. The van der Waals surface area contributed by atoms with Crippen LogP contribution >= 0.6 is 11.6 Å². The molecule has 1 fully saturated rings. The molecule has 0 bridgehead atoms. The van der Waals surface area contributed by atoms with Crippen LogP contribution in [0.3, 0.4) is 0 Å². The summed E-state index contributed by atoms with van der Waals surface area (Å²) in [7, 11) is 1.83. The molecule has 9 nitrogen and oxygen atoms in total. The zero-order chi connectivity index (χ0) is 19.2. The molecule has 27 heavy (non-hydrogen) atoms. The van der Waals surface area contributed by atoms with E-state index in [0.717, 1.165) is 18.5 Å². The summed E-state index contributed by atoms with van der Waals surface area (Å²) in [4.78, 5) is 22.3. The molecule has 0 aliphatic carbocycles. The van der Waals surface area contributed by atoms with E-state index >= 15 is 0 Å². The highest BCUT2D eigenvalue weighted by Crippen LogP contribution is 2.23. The van der Waals surface area contributed by atoms with Crippen molar-refractivity contribution < 1.29 is 4.79 Å². The van der Waals surface area contributed by atoms with Crippen LogP contribution in [0.2, 0.25) is 5.02 Å². The number of aryl methyl sites for hydroxylation is 1. The van der Waals surface area contributed by atoms with Gasteiger partial charge >= 0.3 is 0 Å². The lowest BCUT2D eigenvalue weighted by molar-refractivity contribution is -0.131. The van der Waals surface area contributed by atoms with Gasteiger partial charge in [-0.3, -0.25) is 9.48 Å². The third-order valence-corrected chi connectivity index (χ3v) is 4.64. The predicted octanol–water partition coefficient (Wildman–Crippen LogP) is 2.17. The van der Waals surface area contributed by atoms with Gasteiger partial charge in [0, 0.05) is 32.9 Å². The Morgan fingerprint density at radius 2 is 2.33 bits per heavy atom. The average Bonchev–Trinajstić information content (AvgIpc) is 3.07. The van der Waals surface area contributed by atoms with Gasteiger partial charge in [-0.2, -0.15) is 15.3 Å². The summed E-state index contributed by atoms with van der Waals surface area (Å²) in [5.74, 6) is 1.13. The monoisotopic (exact) mass is 388 g/mol. The van der Waals surface area contributed by atoms with Gasteiger partial charge in [-0.15, -0.1) is 0 Å². The smallest absolute Gasteiger partial charge is 0.236 e. The highest BCUT2D eigenvalue weighted by atomic mass is 35.5. The maximum Gasteiger partial charge on any atom is 0.236 e. The minimum Gasteiger partial charge on any atom is -0.368 e. The first kappa shape index (κ1) is 18.9. The van der Waals surface area contributed by atoms with Crippen LogP contribution in [0.15, 0.2) is 18.6 Å². The molecule has 1 aliphatic heterocycles. The van der Waals surface area contributed by atoms with Crippen LogP contribution in [0.1, 0.15) is 19.3 Å². The van der Waals surface area contributed by atoms with Crippen molar-refractivity contribution in [2.45, 2.75) is 19.3 Å². The van der Waals surface area contributed by atoms with Crippen molar-refractivity contribution >= 4 is 35.0 Å². The summed E-state index contributed by atoms with van der Waals surface area (Å²) in [6, 6.07) is 1.92. The lowest BCUT2D eigenvalue weighted by atomic mass is 9.97. The molecule has 1 amide bonds. The first-order valence-corrected chi connectivity index (χ1v) is 9.09. The summed E-state index contributed by atoms with van der Waals surface area (Å²) < 4.78 is 1.68. The van der Waals surface area contributed by atoms with Crippen molar-refractivity contribution in [3.8, 4) is 6.07 Å². The number of nitrogens with zero attached hydrogens (tertiary/aromatic N) is 6. The van der Waals surface area contributed by atoms with Crippen LogP contribution in [0, 0.1) is 17.2 Å². The van der Waals surface area contributed by atoms with Gasteiger partial charge in [0.2, 0.25) is 11.9 Å². The third-order valence-electron chi connectivity index (χ3n) is 4.37. The molecular weight excluding hydrogens is 368 g/mol. The standard InChI is InChI=1S/C17H21ClN8O/c1-25-11-13(8-22-25)23-17-21-9-14(18)16(24-17)20-7-12-3-2-6-26(10-12)15(27)4-5-19/h8-9,11-12H,2-4,6-7,10H2,1H3,(H2,20,21,23,24)/t12-/m0/s1. The van der Waals surface area contributed by atoms with E-state index in [1.54, 1.807) is 22.0 Å². The molecule has 1 atom stereocenters. The molecule has 2 N–H and O–H groups in total. The van der Waals surface area contributed by atoms with Crippen molar-refractivity contribution in [2.75, 3.05) is 30.3 Å². The Morgan fingerprint density at radius 3 is 3.07 bits per heavy atom. The van der Waals surface area contributed by atoms with Gasteiger partial charge in [0.1, 0.15) is 11.4 Å². The zero-order valence-electron chi connectivity index (χ0n) is 15.0. The van der Waals surface area contributed by atoms with Crippen molar-refractivity contribution in [1.29, 1.82) is 5.26 Å². The van der Waals surface area contributed by atoms with Crippen molar-refractivity contribution in [3.05, 3.63) is 23.6 Å². The van der Waals surface area contributed by atoms with Crippen molar-refractivity contribution in [2.24, 2.45) is 13.0 Å². The fourth-order valence-corrected chi connectivity index (χ4v) is 3.20. The van der Waals surface area contributed by atoms with E-state index in [9.17, 15) is 4.79 Å². The van der Waals surface area contributed by atoms with Gasteiger partial charge in [-0.1, -0.05) is 11.6 Å². The molecule has 10 heteroatoms. The molecule has 0 saturated carbocycles. The molecule has 2 aromatic rings. The average molecular weight is 389 g/mol. The largest absolute Gasteiger partial charge is 0.368 e. The van der Waals surface area contributed by atoms with E-state index in [4.69, 9.17) is 16.9 Å². The van der Waals surface area contributed by atoms with Gasteiger partial charge < -0.3 is 15.5 Å². The molecular formula is C17H21ClN8O. The summed E-state index contributed by atoms with van der Waals surface area (Å²) in [6.45, 7) is 1.99. The van der Waals surface area contributed by atoms with Crippen LogP contribution in [0.4, 0.5) is 17.5 Å². The van der Waals surface area contributed by atoms with Gasteiger partial charge in [0.25, 0.3) is 0 Å².